The van der Waals surface area contributed by atoms with E-state index in [0.29, 0.717) is 26.2 Å². The summed E-state index contributed by atoms with van der Waals surface area (Å²) in [6.45, 7) is 4.58. The number of methoxy groups -OCH3 is 1. The van der Waals surface area contributed by atoms with Crippen molar-refractivity contribution in [2.24, 2.45) is 5.73 Å². The van der Waals surface area contributed by atoms with E-state index < -0.39 is 0 Å². The van der Waals surface area contributed by atoms with Crippen LogP contribution in [-0.2, 0) is 14.3 Å². The zero-order valence-electron chi connectivity index (χ0n) is 9.62. The fraction of sp³-hybridized carbons (Fsp3) is 0.900. The van der Waals surface area contributed by atoms with E-state index in [1.165, 1.54) is 0 Å². The third-order valence-corrected chi connectivity index (χ3v) is 1.98. The Morgan fingerprint density at radius 2 is 2.13 bits per heavy atom. The van der Waals surface area contributed by atoms with Crippen molar-refractivity contribution in [1.82, 2.24) is 5.32 Å². The number of primary amides is 1. The van der Waals surface area contributed by atoms with Crippen LogP contribution in [0.2, 0.25) is 0 Å². The Morgan fingerprint density at radius 3 is 2.67 bits per heavy atom. The van der Waals surface area contributed by atoms with Crippen LogP contribution >= 0.6 is 0 Å². The van der Waals surface area contributed by atoms with Gasteiger partial charge in [0.15, 0.2) is 0 Å². The molecule has 1 amide bonds. The van der Waals surface area contributed by atoms with Gasteiger partial charge in [0.05, 0.1) is 6.04 Å². The van der Waals surface area contributed by atoms with Gasteiger partial charge in [-0.25, -0.2) is 0 Å². The Bertz CT molecular complexity index is 165. The summed E-state index contributed by atoms with van der Waals surface area (Å²) in [6.07, 6.45) is 1.50. The van der Waals surface area contributed by atoms with E-state index in [1.807, 2.05) is 6.92 Å². The van der Waals surface area contributed by atoms with E-state index in [2.05, 4.69) is 5.32 Å². The second kappa shape index (κ2) is 9.89. The lowest BCUT2D eigenvalue weighted by Gasteiger charge is -2.13. The van der Waals surface area contributed by atoms with Crippen LogP contribution in [0.4, 0.5) is 0 Å². The smallest absolute Gasteiger partial charge is 0.234 e. The number of hydrogen-bond acceptors (Lipinski definition) is 4. The highest BCUT2D eigenvalue weighted by atomic mass is 16.5. The van der Waals surface area contributed by atoms with Crippen LogP contribution in [0.25, 0.3) is 0 Å². The summed E-state index contributed by atoms with van der Waals surface area (Å²) in [5.74, 6) is -0.322. The van der Waals surface area contributed by atoms with E-state index in [1.54, 1.807) is 7.11 Å². The molecule has 0 heterocycles. The van der Waals surface area contributed by atoms with Crippen molar-refractivity contribution in [3.63, 3.8) is 0 Å². The number of nitrogens with two attached hydrogens (primary N) is 1. The number of carbonyl (C=O) groups excluding carboxylic acids is 1. The highest BCUT2D eigenvalue weighted by Gasteiger charge is 2.12. The third-order valence-electron chi connectivity index (χ3n) is 1.98. The SMILES string of the molecule is CCNC(CCOCCCOC)C(N)=O. The maximum absolute atomic E-state index is 10.9. The summed E-state index contributed by atoms with van der Waals surface area (Å²) in [7, 11) is 1.66. The molecule has 0 fully saturated rings. The molecule has 5 nitrogen and oxygen atoms in total. The van der Waals surface area contributed by atoms with Crippen LogP contribution in [0.5, 0.6) is 0 Å². The molecule has 0 saturated heterocycles. The van der Waals surface area contributed by atoms with E-state index >= 15 is 0 Å². The zero-order chi connectivity index (χ0) is 11.5. The number of carbonyl (C=O) groups is 1. The first-order valence-electron chi connectivity index (χ1n) is 5.31. The van der Waals surface area contributed by atoms with Crippen LogP contribution in [0.1, 0.15) is 19.8 Å². The van der Waals surface area contributed by atoms with Crippen molar-refractivity contribution in [2.75, 3.05) is 33.5 Å². The first kappa shape index (κ1) is 14.3. The fourth-order valence-corrected chi connectivity index (χ4v) is 1.20. The summed E-state index contributed by atoms with van der Waals surface area (Å²) in [6, 6.07) is -0.280. The number of nitrogens with one attached hydrogen (secondary N) is 1. The summed E-state index contributed by atoms with van der Waals surface area (Å²) < 4.78 is 10.2. The predicted molar refractivity (Wildman–Crippen MR) is 58.6 cm³/mol. The van der Waals surface area contributed by atoms with E-state index in [-0.39, 0.29) is 11.9 Å². The number of ether oxygens (including phenoxy) is 2. The van der Waals surface area contributed by atoms with Crippen LogP contribution < -0.4 is 11.1 Å². The maximum Gasteiger partial charge on any atom is 0.234 e. The van der Waals surface area contributed by atoms with Crippen molar-refractivity contribution in [3.8, 4) is 0 Å². The summed E-state index contributed by atoms with van der Waals surface area (Å²) in [5.41, 5.74) is 5.21. The van der Waals surface area contributed by atoms with Crippen molar-refractivity contribution in [3.05, 3.63) is 0 Å². The highest BCUT2D eigenvalue weighted by molar-refractivity contribution is 5.79. The molecular weight excluding hydrogens is 196 g/mol. The van der Waals surface area contributed by atoms with Crippen LogP contribution in [0, 0.1) is 0 Å². The fourth-order valence-electron chi connectivity index (χ4n) is 1.20. The minimum absolute atomic E-state index is 0.280. The Hall–Kier alpha value is -0.650. The standard InChI is InChI=1S/C10H22N2O3/c1-3-12-9(10(11)13)5-8-15-7-4-6-14-2/h9,12H,3-8H2,1-2H3,(H2,11,13). The van der Waals surface area contributed by atoms with Gasteiger partial charge in [-0.05, 0) is 19.4 Å². The van der Waals surface area contributed by atoms with Crippen LogP contribution in [0.3, 0.4) is 0 Å². The average molecular weight is 218 g/mol. The van der Waals surface area contributed by atoms with E-state index in [4.69, 9.17) is 15.2 Å². The monoisotopic (exact) mass is 218 g/mol. The van der Waals surface area contributed by atoms with Crippen molar-refractivity contribution in [2.45, 2.75) is 25.8 Å². The first-order valence-corrected chi connectivity index (χ1v) is 5.31. The first-order chi connectivity index (χ1) is 7.22. The molecule has 0 spiro atoms. The molecule has 3 N–H and O–H groups in total. The molecule has 0 aromatic heterocycles. The van der Waals surface area contributed by atoms with Gasteiger partial charge in [0.1, 0.15) is 0 Å². The Morgan fingerprint density at radius 1 is 1.40 bits per heavy atom. The number of amides is 1. The van der Waals surface area contributed by atoms with Crippen LogP contribution in [-0.4, -0.2) is 45.4 Å². The van der Waals surface area contributed by atoms with Gasteiger partial charge >= 0.3 is 0 Å². The maximum atomic E-state index is 10.9. The van der Waals surface area contributed by atoms with Crippen LogP contribution in [0.15, 0.2) is 0 Å². The molecule has 0 aliphatic heterocycles. The Kier molecular flexibility index (Phi) is 9.46. The summed E-state index contributed by atoms with van der Waals surface area (Å²) in [5, 5.41) is 3.00. The minimum Gasteiger partial charge on any atom is -0.385 e. The molecule has 0 aliphatic rings. The lowest BCUT2D eigenvalue weighted by Crippen LogP contribution is -2.41. The number of likely N-dealkylation sites (N-methyl/N-ethyl adjacent to an activating group) is 1. The van der Waals surface area contributed by atoms with Gasteiger partial charge in [0.25, 0.3) is 0 Å². The molecule has 1 atom stereocenters. The van der Waals surface area contributed by atoms with Gasteiger partial charge in [-0.1, -0.05) is 6.92 Å². The van der Waals surface area contributed by atoms with Gasteiger partial charge in [0.2, 0.25) is 5.91 Å². The largest absolute Gasteiger partial charge is 0.385 e. The second-order valence-corrected chi connectivity index (χ2v) is 3.26. The lowest BCUT2D eigenvalue weighted by molar-refractivity contribution is -0.120. The zero-order valence-corrected chi connectivity index (χ0v) is 9.62. The lowest BCUT2D eigenvalue weighted by atomic mass is 10.2. The van der Waals surface area contributed by atoms with Crippen molar-refractivity contribution < 1.29 is 14.3 Å². The topological polar surface area (TPSA) is 73.6 Å². The summed E-state index contributed by atoms with van der Waals surface area (Å²) >= 11 is 0. The highest BCUT2D eigenvalue weighted by Crippen LogP contribution is 1.93. The summed E-state index contributed by atoms with van der Waals surface area (Å²) in [4.78, 5) is 10.9. The molecule has 0 bridgehead atoms. The molecule has 0 radical (unpaired) electrons. The normalized spacial score (nSPS) is 12.7. The Balaban J connectivity index is 3.41. The number of rotatable bonds is 10. The second-order valence-electron chi connectivity index (χ2n) is 3.26. The molecule has 0 aromatic carbocycles. The third kappa shape index (κ3) is 8.35. The molecule has 5 heteroatoms. The number of hydrogen-bond donors (Lipinski definition) is 2. The molecule has 0 aliphatic carbocycles. The van der Waals surface area contributed by atoms with E-state index in [9.17, 15) is 4.79 Å². The molecule has 15 heavy (non-hydrogen) atoms. The average Bonchev–Trinajstić information content (AvgIpc) is 2.21. The molecule has 0 saturated carbocycles. The molecule has 90 valence electrons. The molecule has 0 rings (SSSR count). The molecule has 1 unspecified atom stereocenters. The van der Waals surface area contributed by atoms with Crippen molar-refractivity contribution >= 4 is 5.91 Å². The quantitative estimate of drug-likeness (QED) is 0.502. The van der Waals surface area contributed by atoms with Gasteiger partial charge < -0.3 is 20.5 Å². The Labute approximate surface area is 91.3 Å². The van der Waals surface area contributed by atoms with Gasteiger partial charge in [-0.3, -0.25) is 4.79 Å². The molecule has 0 aromatic rings. The van der Waals surface area contributed by atoms with Gasteiger partial charge in [0, 0.05) is 26.9 Å². The van der Waals surface area contributed by atoms with Gasteiger partial charge in [-0.15, -0.1) is 0 Å². The van der Waals surface area contributed by atoms with Gasteiger partial charge in [-0.2, -0.15) is 0 Å². The van der Waals surface area contributed by atoms with E-state index in [0.717, 1.165) is 13.0 Å². The molecular formula is C10H22N2O3. The predicted octanol–water partition coefficient (Wildman–Crippen LogP) is -0.107. The minimum atomic E-state index is -0.322. The van der Waals surface area contributed by atoms with Crippen molar-refractivity contribution in [1.29, 1.82) is 0 Å².